The molecule has 4 rings (SSSR count). The van der Waals surface area contributed by atoms with Gasteiger partial charge in [-0.1, -0.05) is 13.3 Å². The van der Waals surface area contributed by atoms with Gasteiger partial charge in [0, 0.05) is 43.6 Å². The van der Waals surface area contributed by atoms with Gasteiger partial charge < -0.3 is 9.80 Å². The number of unbranched alkanes of at least 4 members (excludes halogenated alkanes) is 1. The predicted octanol–water partition coefficient (Wildman–Crippen LogP) is 3.52. The van der Waals surface area contributed by atoms with Crippen LogP contribution in [0.25, 0.3) is 0 Å². The maximum Gasteiger partial charge on any atom is 0.225 e. The molecule has 0 aromatic carbocycles. The minimum atomic E-state index is 0.596. The van der Waals surface area contributed by atoms with E-state index in [1.54, 1.807) is 0 Å². The molecule has 2 unspecified atom stereocenters. The second-order valence-electron chi connectivity index (χ2n) is 9.13. The van der Waals surface area contributed by atoms with Crippen LogP contribution in [-0.2, 0) is 0 Å². The first-order valence-corrected chi connectivity index (χ1v) is 11.2. The third-order valence-electron chi connectivity index (χ3n) is 7.02. The summed E-state index contributed by atoms with van der Waals surface area (Å²) in [6, 6.07) is 1.83. The second-order valence-corrected chi connectivity index (χ2v) is 9.13. The Labute approximate surface area is 165 Å². The third kappa shape index (κ3) is 4.14. The number of rotatable bonds is 6. The van der Waals surface area contributed by atoms with Crippen LogP contribution in [0.3, 0.4) is 0 Å². The summed E-state index contributed by atoms with van der Waals surface area (Å²) in [6.07, 6.45) is 12.0. The van der Waals surface area contributed by atoms with E-state index in [9.17, 15) is 0 Å². The van der Waals surface area contributed by atoms with Crippen LogP contribution in [0.5, 0.6) is 0 Å². The van der Waals surface area contributed by atoms with Crippen LogP contribution in [0.1, 0.15) is 70.8 Å². The first kappa shape index (κ1) is 19.1. The van der Waals surface area contributed by atoms with Gasteiger partial charge in [-0.3, -0.25) is 4.90 Å². The topological polar surface area (TPSA) is 35.5 Å². The standard InChI is InChI=1S/C22H37N5/c1-4-5-10-25-11-8-18(9-12-25)19-13-23-22(24-14-19)27-20-6-7-21(27)16-26(15-20)17(2)3/h13-14,17-18,20-21H,4-12,15-16H2,1-3H3. The molecule has 3 aliphatic rings. The van der Waals surface area contributed by atoms with Crippen molar-refractivity contribution in [3.05, 3.63) is 18.0 Å². The summed E-state index contributed by atoms with van der Waals surface area (Å²) < 4.78 is 0. The van der Waals surface area contributed by atoms with E-state index in [0.717, 1.165) is 19.0 Å². The van der Waals surface area contributed by atoms with E-state index in [-0.39, 0.29) is 0 Å². The fraction of sp³-hybridized carbons (Fsp3) is 0.818. The van der Waals surface area contributed by atoms with E-state index in [1.165, 1.54) is 63.7 Å². The van der Waals surface area contributed by atoms with Crippen molar-refractivity contribution in [3.8, 4) is 0 Å². The molecule has 2 atom stereocenters. The lowest BCUT2D eigenvalue weighted by Crippen LogP contribution is -2.56. The van der Waals surface area contributed by atoms with Crippen molar-refractivity contribution in [2.24, 2.45) is 0 Å². The first-order valence-electron chi connectivity index (χ1n) is 11.2. The number of hydrogen-bond acceptors (Lipinski definition) is 5. The Balaban J connectivity index is 1.36. The molecule has 3 fully saturated rings. The zero-order valence-corrected chi connectivity index (χ0v) is 17.5. The number of anilines is 1. The van der Waals surface area contributed by atoms with Gasteiger partial charge in [0.1, 0.15) is 0 Å². The Bertz CT molecular complexity index is 579. The van der Waals surface area contributed by atoms with Crippen LogP contribution >= 0.6 is 0 Å². The van der Waals surface area contributed by atoms with E-state index in [1.807, 2.05) is 0 Å². The smallest absolute Gasteiger partial charge is 0.225 e. The fourth-order valence-electron chi connectivity index (χ4n) is 5.23. The molecule has 1 aromatic rings. The highest BCUT2D eigenvalue weighted by atomic mass is 15.4. The van der Waals surface area contributed by atoms with Crippen molar-refractivity contribution < 1.29 is 0 Å². The average Bonchev–Trinajstić information content (AvgIpc) is 2.96. The second kappa shape index (κ2) is 8.44. The zero-order valence-electron chi connectivity index (χ0n) is 17.5. The van der Waals surface area contributed by atoms with Crippen LogP contribution in [0, 0.1) is 0 Å². The van der Waals surface area contributed by atoms with Crippen molar-refractivity contribution in [2.75, 3.05) is 37.6 Å². The van der Waals surface area contributed by atoms with Crippen LogP contribution in [0.15, 0.2) is 12.4 Å². The van der Waals surface area contributed by atoms with Crippen LogP contribution in [0.2, 0.25) is 0 Å². The van der Waals surface area contributed by atoms with Gasteiger partial charge in [-0.15, -0.1) is 0 Å². The number of likely N-dealkylation sites (tertiary alicyclic amines) is 2. The van der Waals surface area contributed by atoms with Crippen molar-refractivity contribution in [2.45, 2.75) is 83.3 Å². The van der Waals surface area contributed by atoms with Gasteiger partial charge >= 0.3 is 0 Å². The molecule has 0 radical (unpaired) electrons. The normalized spacial score (nSPS) is 27.6. The van der Waals surface area contributed by atoms with Crippen LogP contribution < -0.4 is 4.90 Å². The molecule has 3 aliphatic heterocycles. The highest BCUT2D eigenvalue weighted by molar-refractivity contribution is 5.38. The van der Waals surface area contributed by atoms with E-state index >= 15 is 0 Å². The summed E-state index contributed by atoms with van der Waals surface area (Å²) in [6.45, 7) is 13.0. The van der Waals surface area contributed by atoms with Crippen molar-refractivity contribution in [1.82, 2.24) is 19.8 Å². The van der Waals surface area contributed by atoms with E-state index in [4.69, 9.17) is 9.97 Å². The molecule has 5 heteroatoms. The molecular formula is C22H37N5. The number of hydrogen-bond donors (Lipinski definition) is 0. The SMILES string of the molecule is CCCCN1CCC(c2cnc(N3C4CCC3CN(C(C)C)C4)nc2)CC1. The highest BCUT2D eigenvalue weighted by Gasteiger charge is 2.41. The Morgan fingerprint density at radius 3 is 2.19 bits per heavy atom. The van der Waals surface area contributed by atoms with Crippen LogP contribution in [0.4, 0.5) is 5.95 Å². The fourth-order valence-corrected chi connectivity index (χ4v) is 5.23. The van der Waals surface area contributed by atoms with Gasteiger partial charge in [0.2, 0.25) is 5.95 Å². The lowest BCUT2D eigenvalue weighted by atomic mass is 9.91. The average molecular weight is 372 g/mol. The number of aromatic nitrogens is 2. The van der Waals surface area contributed by atoms with Crippen molar-refractivity contribution >= 4 is 5.95 Å². The molecule has 2 bridgehead atoms. The van der Waals surface area contributed by atoms with E-state index in [2.05, 4.69) is 47.9 Å². The predicted molar refractivity (Wildman–Crippen MR) is 111 cm³/mol. The summed E-state index contributed by atoms with van der Waals surface area (Å²) in [5.74, 6) is 1.61. The van der Waals surface area contributed by atoms with Crippen molar-refractivity contribution in [1.29, 1.82) is 0 Å². The third-order valence-corrected chi connectivity index (χ3v) is 7.02. The molecular weight excluding hydrogens is 334 g/mol. The summed E-state index contributed by atoms with van der Waals surface area (Å²) >= 11 is 0. The highest BCUT2D eigenvalue weighted by Crippen LogP contribution is 2.34. The molecule has 5 nitrogen and oxygen atoms in total. The van der Waals surface area contributed by atoms with Gasteiger partial charge in [0.25, 0.3) is 0 Å². The lowest BCUT2D eigenvalue weighted by Gasteiger charge is -2.42. The van der Waals surface area contributed by atoms with Gasteiger partial charge in [-0.2, -0.15) is 0 Å². The van der Waals surface area contributed by atoms with Gasteiger partial charge in [-0.05, 0) is 77.1 Å². The summed E-state index contributed by atoms with van der Waals surface area (Å²) in [7, 11) is 0. The molecule has 27 heavy (non-hydrogen) atoms. The van der Waals surface area contributed by atoms with E-state index < -0.39 is 0 Å². The lowest BCUT2D eigenvalue weighted by molar-refractivity contribution is 0.176. The summed E-state index contributed by atoms with van der Waals surface area (Å²) in [5, 5.41) is 0. The van der Waals surface area contributed by atoms with Crippen molar-refractivity contribution in [3.63, 3.8) is 0 Å². The molecule has 0 N–H and O–H groups in total. The number of fused-ring (bicyclic) bond motifs is 2. The molecule has 150 valence electrons. The zero-order chi connectivity index (χ0) is 18.8. The largest absolute Gasteiger partial charge is 0.332 e. The number of piperidine rings is 1. The maximum atomic E-state index is 4.84. The Morgan fingerprint density at radius 2 is 1.63 bits per heavy atom. The van der Waals surface area contributed by atoms with Gasteiger partial charge in [0.05, 0.1) is 0 Å². The number of nitrogens with zero attached hydrogens (tertiary/aromatic N) is 5. The Kier molecular flexibility index (Phi) is 5.98. The minimum Gasteiger partial charge on any atom is -0.332 e. The molecule has 0 saturated carbocycles. The summed E-state index contributed by atoms with van der Waals surface area (Å²) in [5.41, 5.74) is 1.35. The maximum absolute atomic E-state index is 4.84. The van der Waals surface area contributed by atoms with Crippen LogP contribution in [-0.4, -0.2) is 70.6 Å². The molecule has 0 aliphatic carbocycles. The molecule has 3 saturated heterocycles. The minimum absolute atomic E-state index is 0.596. The molecule has 0 amide bonds. The Morgan fingerprint density at radius 1 is 1.00 bits per heavy atom. The summed E-state index contributed by atoms with van der Waals surface area (Å²) in [4.78, 5) is 17.5. The quantitative estimate of drug-likeness (QED) is 0.764. The first-order chi connectivity index (χ1) is 13.2. The van der Waals surface area contributed by atoms with Gasteiger partial charge in [-0.25, -0.2) is 9.97 Å². The number of piperazine rings is 1. The monoisotopic (exact) mass is 371 g/mol. The molecule has 0 spiro atoms. The molecule has 1 aromatic heterocycles. The Hall–Kier alpha value is -1.20. The van der Waals surface area contributed by atoms with E-state index in [0.29, 0.717) is 24.0 Å². The molecule has 4 heterocycles. The van der Waals surface area contributed by atoms with Gasteiger partial charge in [0.15, 0.2) is 0 Å².